The molecule has 0 bridgehead atoms. The van der Waals surface area contributed by atoms with E-state index in [1.807, 2.05) is 29.2 Å². The number of nitrogens with zero attached hydrogens (tertiary/aromatic N) is 2. The Morgan fingerprint density at radius 1 is 1.04 bits per heavy atom. The van der Waals surface area contributed by atoms with Crippen molar-refractivity contribution in [2.75, 3.05) is 36.4 Å². The van der Waals surface area contributed by atoms with E-state index < -0.39 is 0 Å². The fourth-order valence-electron chi connectivity index (χ4n) is 3.00. The van der Waals surface area contributed by atoms with Crippen molar-refractivity contribution in [1.82, 2.24) is 4.90 Å². The molecule has 1 saturated heterocycles. The molecule has 1 N–H and O–H groups in total. The van der Waals surface area contributed by atoms with Crippen molar-refractivity contribution < 1.29 is 9.59 Å². The molecule has 2 amide bonds. The summed E-state index contributed by atoms with van der Waals surface area (Å²) in [6.45, 7) is 4.62. The van der Waals surface area contributed by atoms with Gasteiger partial charge in [-0.25, -0.2) is 0 Å². The standard InChI is InChI=1S/C20H22ClN3O2/c1-2-19(25)22-17-7-3-5-15(13-17)20(26)24-11-9-23(10-12-24)18-8-4-6-16(21)14-18/h3-8,13-14H,2,9-12H2,1H3,(H,22,25). The van der Waals surface area contributed by atoms with Crippen LogP contribution in [-0.4, -0.2) is 42.9 Å². The van der Waals surface area contributed by atoms with Gasteiger partial charge in [0, 0.05) is 54.6 Å². The van der Waals surface area contributed by atoms with Crippen LogP contribution in [0.3, 0.4) is 0 Å². The first-order valence-corrected chi connectivity index (χ1v) is 9.14. The molecular formula is C20H22ClN3O2. The van der Waals surface area contributed by atoms with Gasteiger partial charge >= 0.3 is 0 Å². The highest BCUT2D eigenvalue weighted by molar-refractivity contribution is 6.30. The van der Waals surface area contributed by atoms with Crippen molar-refractivity contribution in [2.45, 2.75) is 13.3 Å². The van der Waals surface area contributed by atoms with E-state index in [1.54, 1.807) is 31.2 Å². The van der Waals surface area contributed by atoms with Crippen LogP contribution in [0.4, 0.5) is 11.4 Å². The Hall–Kier alpha value is -2.53. The van der Waals surface area contributed by atoms with Gasteiger partial charge in [0.1, 0.15) is 0 Å². The number of anilines is 2. The number of hydrogen-bond acceptors (Lipinski definition) is 3. The summed E-state index contributed by atoms with van der Waals surface area (Å²) in [6.07, 6.45) is 0.406. The summed E-state index contributed by atoms with van der Waals surface area (Å²) in [5.41, 5.74) is 2.32. The lowest BCUT2D eigenvalue weighted by molar-refractivity contribution is -0.115. The Morgan fingerprint density at radius 2 is 1.77 bits per heavy atom. The van der Waals surface area contributed by atoms with E-state index in [4.69, 9.17) is 11.6 Å². The molecule has 0 saturated carbocycles. The molecule has 3 rings (SSSR count). The van der Waals surface area contributed by atoms with Crippen LogP contribution in [0.2, 0.25) is 5.02 Å². The number of piperazine rings is 1. The summed E-state index contributed by atoms with van der Waals surface area (Å²) >= 11 is 6.06. The van der Waals surface area contributed by atoms with E-state index in [0.717, 1.165) is 18.8 Å². The van der Waals surface area contributed by atoms with Crippen LogP contribution >= 0.6 is 11.6 Å². The van der Waals surface area contributed by atoms with Crippen LogP contribution in [0.5, 0.6) is 0 Å². The molecule has 1 fully saturated rings. The van der Waals surface area contributed by atoms with Crippen LogP contribution in [0, 0.1) is 0 Å². The highest BCUT2D eigenvalue weighted by atomic mass is 35.5. The third-order valence-corrected chi connectivity index (χ3v) is 4.69. The quantitative estimate of drug-likeness (QED) is 0.892. The van der Waals surface area contributed by atoms with E-state index in [1.165, 1.54) is 0 Å². The minimum atomic E-state index is -0.0651. The average Bonchev–Trinajstić information content (AvgIpc) is 2.67. The SMILES string of the molecule is CCC(=O)Nc1cccc(C(=O)N2CCN(c3cccc(Cl)c3)CC2)c1. The zero-order valence-corrected chi connectivity index (χ0v) is 15.5. The van der Waals surface area contributed by atoms with Crippen LogP contribution in [-0.2, 0) is 4.79 Å². The maximum Gasteiger partial charge on any atom is 0.254 e. The molecule has 2 aromatic rings. The summed E-state index contributed by atoms with van der Waals surface area (Å²) in [5, 5.41) is 3.51. The second kappa shape index (κ2) is 8.23. The molecule has 6 heteroatoms. The Kier molecular flexibility index (Phi) is 5.78. The number of carbonyl (C=O) groups is 2. The Balaban J connectivity index is 1.63. The molecule has 0 atom stereocenters. The van der Waals surface area contributed by atoms with Crippen LogP contribution in [0.1, 0.15) is 23.7 Å². The van der Waals surface area contributed by atoms with Crippen molar-refractivity contribution in [3.8, 4) is 0 Å². The minimum absolute atomic E-state index is 0.0108. The topological polar surface area (TPSA) is 52.7 Å². The van der Waals surface area contributed by atoms with Gasteiger partial charge in [-0.05, 0) is 36.4 Å². The number of benzene rings is 2. The zero-order chi connectivity index (χ0) is 18.5. The zero-order valence-electron chi connectivity index (χ0n) is 14.7. The van der Waals surface area contributed by atoms with E-state index in [0.29, 0.717) is 35.8 Å². The van der Waals surface area contributed by atoms with Crippen molar-refractivity contribution in [1.29, 1.82) is 0 Å². The van der Waals surface area contributed by atoms with Crippen LogP contribution in [0.25, 0.3) is 0 Å². The van der Waals surface area contributed by atoms with Gasteiger partial charge in [0.15, 0.2) is 0 Å². The first-order chi connectivity index (χ1) is 12.6. The van der Waals surface area contributed by atoms with E-state index in [2.05, 4.69) is 10.2 Å². The molecule has 5 nitrogen and oxygen atoms in total. The maximum atomic E-state index is 12.8. The lowest BCUT2D eigenvalue weighted by Gasteiger charge is -2.36. The van der Waals surface area contributed by atoms with Gasteiger partial charge in [0.25, 0.3) is 5.91 Å². The lowest BCUT2D eigenvalue weighted by atomic mass is 10.1. The molecule has 0 aliphatic carbocycles. The minimum Gasteiger partial charge on any atom is -0.368 e. The maximum absolute atomic E-state index is 12.8. The fourth-order valence-corrected chi connectivity index (χ4v) is 3.19. The molecule has 0 aromatic heterocycles. The number of halogens is 1. The third kappa shape index (κ3) is 4.35. The molecule has 1 aliphatic heterocycles. The number of rotatable bonds is 4. The van der Waals surface area contributed by atoms with Gasteiger partial charge in [-0.2, -0.15) is 0 Å². The number of hydrogen-bond donors (Lipinski definition) is 1. The normalized spacial score (nSPS) is 14.2. The molecule has 136 valence electrons. The van der Waals surface area contributed by atoms with Crippen molar-refractivity contribution in [3.63, 3.8) is 0 Å². The predicted octanol–water partition coefficient (Wildman–Crippen LogP) is 3.65. The number of nitrogens with one attached hydrogen (secondary N) is 1. The highest BCUT2D eigenvalue weighted by Crippen LogP contribution is 2.21. The van der Waals surface area contributed by atoms with Crippen LogP contribution < -0.4 is 10.2 Å². The van der Waals surface area contributed by atoms with E-state index >= 15 is 0 Å². The molecule has 0 radical (unpaired) electrons. The van der Waals surface area contributed by atoms with Crippen molar-refractivity contribution in [3.05, 3.63) is 59.1 Å². The van der Waals surface area contributed by atoms with Gasteiger partial charge in [-0.1, -0.05) is 30.7 Å². The molecule has 0 spiro atoms. The number of amides is 2. The molecule has 0 unspecified atom stereocenters. The van der Waals surface area contributed by atoms with Gasteiger partial charge < -0.3 is 15.1 Å². The second-order valence-corrected chi connectivity index (χ2v) is 6.68. The first-order valence-electron chi connectivity index (χ1n) is 8.76. The van der Waals surface area contributed by atoms with E-state index in [9.17, 15) is 9.59 Å². The van der Waals surface area contributed by atoms with E-state index in [-0.39, 0.29) is 11.8 Å². The predicted molar refractivity (Wildman–Crippen MR) is 105 cm³/mol. The molecule has 1 aliphatic rings. The van der Waals surface area contributed by atoms with Gasteiger partial charge in [0.2, 0.25) is 5.91 Å². The largest absolute Gasteiger partial charge is 0.368 e. The molecule has 1 heterocycles. The summed E-state index contributed by atoms with van der Waals surface area (Å²) in [5.74, 6) is -0.0759. The summed E-state index contributed by atoms with van der Waals surface area (Å²) in [4.78, 5) is 28.4. The van der Waals surface area contributed by atoms with Crippen LogP contribution in [0.15, 0.2) is 48.5 Å². The lowest BCUT2D eigenvalue weighted by Crippen LogP contribution is -2.48. The summed E-state index contributed by atoms with van der Waals surface area (Å²) in [6, 6.07) is 14.9. The Labute approximate surface area is 158 Å². The molecule has 2 aromatic carbocycles. The Morgan fingerprint density at radius 3 is 2.46 bits per heavy atom. The molecular weight excluding hydrogens is 350 g/mol. The highest BCUT2D eigenvalue weighted by Gasteiger charge is 2.22. The van der Waals surface area contributed by atoms with Gasteiger partial charge in [0.05, 0.1) is 0 Å². The van der Waals surface area contributed by atoms with Crippen molar-refractivity contribution >= 4 is 34.8 Å². The monoisotopic (exact) mass is 371 g/mol. The molecule has 26 heavy (non-hydrogen) atoms. The summed E-state index contributed by atoms with van der Waals surface area (Å²) in [7, 11) is 0. The smallest absolute Gasteiger partial charge is 0.254 e. The first kappa shape index (κ1) is 18.3. The number of carbonyl (C=O) groups excluding carboxylic acids is 2. The average molecular weight is 372 g/mol. The van der Waals surface area contributed by atoms with Gasteiger partial charge in [-0.3, -0.25) is 9.59 Å². The third-order valence-electron chi connectivity index (χ3n) is 4.45. The second-order valence-electron chi connectivity index (χ2n) is 6.24. The van der Waals surface area contributed by atoms with Crippen molar-refractivity contribution in [2.24, 2.45) is 0 Å². The Bertz CT molecular complexity index is 801. The van der Waals surface area contributed by atoms with Gasteiger partial charge in [-0.15, -0.1) is 0 Å². The fraction of sp³-hybridized carbons (Fsp3) is 0.300. The summed E-state index contributed by atoms with van der Waals surface area (Å²) < 4.78 is 0.